The van der Waals surface area contributed by atoms with Gasteiger partial charge in [0, 0.05) is 31.5 Å². The van der Waals surface area contributed by atoms with Crippen molar-refractivity contribution in [3.8, 4) is 16.3 Å². The van der Waals surface area contributed by atoms with Crippen LogP contribution in [0.1, 0.15) is 22.5 Å². The molecule has 1 saturated heterocycles. The summed E-state index contributed by atoms with van der Waals surface area (Å²) in [5, 5.41) is 19.7. The SMILES string of the molecule is COc1ccc(-c2ncc(C(=O)N3CCC(O)(C(=O)O)CC3)s2)cc1. The first kappa shape index (κ1) is 17.4. The van der Waals surface area contributed by atoms with Crippen LogP contribution in [0.4, 0.5) is 0 Å². The molecule has 8 heteroatoms. The molecule has 0 radical (unpaired) electrons. The van der Waals surface area contributed by atoms with E-state index in [1.165, 1.54) is 17.5 Å². The van der Waals surface area contributed by atoms with Crippen LogP contribution in [-0.4, -0.2) is 57.8 Å². The minimum absolute atomic E-state index is 0.0260. The molecule has 0 bridgehead atoms. The Kier molecular flexibility index (Phi) is 4.73. The van der Waals surface area contributed by atoms with Crippen LogP contribution in [0.25, 0.3) is 10.6 Å². The molecule has 132 valence electrons. The number of nitrogens with zero attached hydrogens (tertiary/aromatic N) is 2. The lowest BCUT2D eigenvalue weighted by Crippen LogP contribution is -2.50. The van der Waals surface area contributed by atoms with Crippen LogP contribution < -0.4 is 4.74 Å². The van der Waals surface area contributed by atoms with Gasteiger partial charge in [-0.3, -0.25) is 4.79 Å². The first-order valence-electron chi connectivity index (χ1n) is 7.78. The molecule has 0 atom stereocenters. The van der Waals surface area contributed by atoms with Crippen molar-refractivity contribution in [2.24, 2.45) is 0 Å². The second-order valence-corrected chi connectivity index (χ2v) is 6.92. The fourth-order valence-corrected chi connectivity index (χ4v) is 3.58. The maximum atomic E-state index is 12.6. The van der Waals surface area contributed by atoms with Gasteiger partial charge in [0.1, 0.15) is 15.6 Å². The predicted molar refractivity (Wildman–Crippen MR) is 91.8 cm³/mol. The summed E-state index contributed by atoms with van der Waals surface area (Å²) in [6.45, 7) is 0.412. The number of carbonyl (C=O) groups is 2. The van der Waals surface area contributed by atoms with E-state index in [4.69, 9.17) is 9.84 Å². The van der Waals surface area contributed by atoms with E-state index in [0.717, 1.165) is 16.3 Å². The number of carboxylic acid groups (broad SMARTS) is 1. The highest BCUT2D eigenvalue weighted by Crippen LogP contribution is 2.29. The van der Waals surface area contributed by atoms with E-state index < -0.39 is 11.6 Å². The van der Waals surface area contributed by atoms with Crippen molar-refractivity contribution < 1.29 is 24.5 Å². The van der Waals surface area contributed by atoms with E-state index in [1.54, 1.807) is 12.0 Å². The van der Waals surface area contributed by atoms with Gasteiger partial charge in [-0.05, 0) is 24.3 Å². The van der Waals surface area contributed by atoms with E-state index in [1.807, 2.05) is 24.3 Å². The Morgan fingerprint density at radius 2 is 1.88 bits per heavy atom. The zero-order valence-corrected chi connectivity index (χ0v) is 14.5. The summed E-state index contributed by atoms with van der Waals surface area (Å²) in [5.74, 6) is -0.681. The van der Waals surface area contributed by atoms with E-state index in [0.29, 0.717) is 4.88 Å². The van der Waals surface area contributed by atoms with Gasteiger partial charge in [0.05, 0.1) is 13.3 Å². The van der Waals surface area contributed by atoms with E-state index in [-0.39, 0.29) is 31.8 Å². The lowest BCUT2D eigenvalue weighted by molar-refractivity contribution is -0.162. The number of carbonyl (C=O) groups excluding carboxylic acids is 1. The largest absolute Gasteiger partial charge is 0.497 e. The molecule has 1 aromatic heterocycles. The number of benzene rings is 1. The third-order valence-electron chi connectivity index (χ3n) is 4.33. The highest BCUT2D eigenvalue weighted by atomic mass is 32.1. The van der Waals surface area contributed by atoms with Gasteiger partial charge in [0.25, 0.3) is 5.91 Å². The Balaban J connectivity index is 1.70. The molecule has 2 heterocycles. The van der Waals surface area contributed by atoms with Crippen molar-refractivity contribution >= 4 is 23.2 Å². The number of rotatable bonds is 4. The minimum atomic E-state index is -1.74. The van der Waals surface area contributed by atoms with Crippen molar-refractivity contribution in [3.05, 3.63) is 35.3 Å². The predicted octanol–water partition coefficient (Wildman–Crippen LogP) is 1.87. The fraction of sp³-hybridized carbons (Fsp3) is 0.353. The number of aliphatic hydroxyl groups is 1. The molecule has 1 amide bonds. The van der Waals surface area contributed by atoms with Crippen molar-refractivity contribution in [2.45, 2.75) is 18.4 Å². The number of hydrogen-bond donors (Lipinski definition) is 2. The Hall–Kier alpha value is -2.45. The summed E-state index contributed by atoms with van der Waals surface area (Å²) in [6.07, 6.45) is 1.58. The van der Waals surface area contributed by atoms with E-state index in [9.17, 15) is 14.7 Å². The Morgan fingerprint density at radius 1 is 1.24 bits per heavy atom. The van der Waals surface area contributed by atoms with Crippen molar-refractivity contribution in [2.75, 3.05) is 20.2 Å². The minimum Gasteiger partial charge on any atom is -0.497 e. The molecule has 0 spiro atoms. The molecule has 1 aliphatic heterocycles. The van der Waals surface area contributed by atoms with Crippen LogP contribution in [0.3, 0.4) is 0 Å². The number of hydrogen-bond acceptors (Lipinski definition) is 6. The number of thiazole rings is 1. The summed E-state index contributed by atoms with van der Waals surface area (Å²) in [7, 11) is 1.60. The summed E-state index contributed by atoms with van der Waals surface area (Å²) in [5.41, 5.74) is -0.845. The van der Waals surface area contributed by atoms with Gasteiger partial charge in [0.2, 0.25) is 0 Å². The summed E-state index contributed by atoms with van der Waals surface area (Å²) >= 11 is 1.29. The van der Waals surface area contributed by atoms with Gasteiger partial charge in [-0.2, -0.15) is 0 Å². The van der Waals surface area contributed by atoms with Gasteiger partial charge in [-0.15, -0.1) is 11.3 Å². The normalized spacial score (nSPS) is 16.5. The zero-order chi connectivity index (χ0) is 18.0. The summed E-state index contributed by atoms with van der Waals surface area (Å²) < 4.78 is 5.12. The molecule has 1 aromatic carbocycles. The summed E-state index contributed by atoms with van der Waals surface area (Å²) in [4.78, 5) is 30.0. The molecule has 1 fully saturated rings. The molecular formula is C17H18N2O5S. The van der Waals surface area contributed by atoms with Crippen LogP contribution in [-0.2, 0) is 4.79 Å². The Bertz CT molecular complexity index is 779. The summed E-state index contributed by atoms with van der Waals surface area (Å²) in [6, 6.07) is 7.41. The molecule has 0 unspecified atom stereocenters. The molecule has 25 heavy (non-hydrogen) atoms. The Morgan fingerprint density at radius 3 is 2.44 bits per heavy atom. The van der Waals surface area contributed by atoms with Crippen molar-refractivity contribution in [3.63, 3.8) is 0 Å². The molecule has 2 aromatic rings. The fourth-order valence-electron chi connectivity index (χ4n) is 2.69. The highest BCUT2D eigenvalue weighted by Gasteiger charge is 2.40. The van der Waals surface area contributed by atoms with Gasteiger partial charge in [0.15, 0.2) is 5.60 Å². The lowest BCUT2D eigenvalue weighted by atomic mass is 9.91. The monoisotopic (exact) mass is 362 g/mol. The number of likely N-dealkylation sites (tertiary alicyclic amines) is 1. The third-order valence-corrected chi connectivity index (χ3v) is 5.36. The maximum absolute atomic E-state index is 12.6. The highest BCUT2D eigenvalue weighted by molar-refractivity contribution is 7.16. The standard InChI is InChI=1S/C17H18N2O5S/c1-24-12-4-2-11(3-5-12)14-18-10-13(25-14)15(20)19-8-6-17(23,7-9-19)16(21)22/h2-5,10,23H,6-9H2,1H3,(H,21,22). The second-order valence-electron chi connectivity index (χ2n) is 5.89. The van der Waals surface area contributed by atoms with Gasteiger partial charge in [-0.1, -0.05) is 0 Å². The van der Waals surface area contributed by atoms with Crippen LogP contribution >= 0.6 is 11.3 Å². The molecule has 2 N–H and O–H groups in total. The van der Waals surface area contributed by atoms with Gasteiger partial charge < -0.3 is 19.8 Å². The lowest BCUT2D eigenvalue weighted by Gasteiger charge is -2.35. The molecular weight excluding hydrogens is 344 g/mol. The number of aliphatic carboxylic acids is 1. The first-order valence-corrected chi connectivity index (χ1v) is 8.60. The average molecular weight is 362 g/mol. The van der Waals surface area contributed by atoms with E-state index >= 15 is 0 Å². The van der Waals surface area contributed by atoms with Crippen LogP contribution in [0.15, 0.2) is 30.5 Å². The number of methoxy groups -OCH3 is 1. The van der Waals surface area contributed by atoms with Gasteiger partial charge >= 0.3 is 5.97 Å². The van der Waals surface area contributed by atoms with Gasteiger partial charge in [-0.25, -0.2) is 9.78 Å². The maximum Gasteiger partial charge on any atom is 0.335 e. The van der Waals surface area contributed by atoms with Crippen LogP contribution in [0, 0.1) is 0 Å². The molecule has 0 saturated carbocycles. The van der Waals surface area contributed by atoms with Crippen molar-refractivity contribution in [1.82, 2.24) is 9.88 Å². The van der Waals surface area contributed by atoms with Crippen molar-refractivity contribution in [1.29, 1.82) is 0 Å². The number of piperidine rings is 1. The van der Waals surface area contributed by atoms with E-state index in [2.05, 4.69) is 4.98 Å². The topological polar surface area (TPSA) is 100.0 Å². The molecule has 7 nitrogen and oxygen atoms in total. The first-order chi connectivity index (χ1) is 11.9. The molecule has 0 aliphatic carbocycles. The number of ether oxygens (including phenoxy) is 1. The number of carboxylic acids is 1. The average Bonchev–Trinajstić information content (AvgIpc) is 3.12. The van der Waals surface area contributed by atoms with Crippen LogP contribution in [0.2, 0.25) is 0 Å². The molecule has 1 aliphatic rings. The Labute approximate surface area is 148 Å². The number of aromatic nitrogens is 1. The zero-order valence-electron chi connectivity index (χ0n) is 13.6. The third kappa shape index (κ3) is 3.49. The molecule has 3 rings (SSSR count). The second kappa shape index (κ2) is 6.81. The van der Waals surface area contributed by atoms with Crippen LogP contribution in [0.5, 0.6) is 5.75 Å². The smallest absolute Gasteiger partial charge is 0.335 e. The quantitative estimate of drug-likeness (QED) is 0.861. The number of amides is 1.